The van der Waals surface area contributed by atoms with E-state index >= 15 is 0 Å². The first-order valence-corrected chi connectivity index (χ1v) is 13.1. The van der Waals surface area contributed by atoms with Crippen LogP contribution in [0.4, 0.5) is 4.39 Å². The van der Waals surface area contributed by atoms with Crippen molar-refractivity contribution in [1.82, 2.24) is 14.7 Å². The van der Waals surface area contributed by atoms with Crippen LogP contribution in [0, 0.1) is 17.7 Å². The number of hydrogen-bond acceptors (Lipinski definition) is 4. The molecule has 4 rings (SSSR count). The molecule has 0 aliphatic carbocycles. The second kappa shape index (κ2) is 12.3. The van der Waals surface area contributed by atoms with E-state index in [9.17, 15) is 14.0 Å². The maximum Gasteiger partial charge on any atom is 0.236 e. The third kappa shape index (κ3) is 7.29. The Morgan fingerprint density at radius 1 is 1.00 bits per heavy atom. The van der Waals surface area contributed by atoms with Crippen molar-refractivity contribution in [3.05, 3.63) is 66.0 Å². The van der Waals surface area contributed by atoms with E-state index in [0.717, 1.165) is 37.4 Å². The highest BCUT2D eigenvalue weighted by Crippen LogP contribution is 2.27. The molecule has 7 heteroatoms. The minimum absolute atomic E-state index is 0.0240. The standard InChI is InChI=1S/C29H38FN3O3/c1-22-12-15-32(16-13-22)21-29(35)33-17-14-27(36-26-10-8-25(30)9-11-26)24(20-33)18-28(34)31(2)19-23-6-4-3-5-7-23/h3-11,22,24,27H,12-21H2,1-2H3/t24-,27-/m0/s1. The number of carbonyl (C=O) groups is 2. The molecular formula is C29H38FN3O3. The summed E-state index contributed by atoms with van der Waals surface area (Å²) in [5.41, 5.74) is 1.07. The zero-order valence-corrected chi connectivity index (χ0v) is 21.4. The fourth-order valence-corrected chi connectivity index (χ4v) is 5.11. The van der Waals surface area contributed by atoms with E-state index in [1.54, 1.807) is 17.0 Å². The highest BCUT2D eigenvalue weighted by molar-refractivity contribution is 5.79. The SMILES string of the molecule is CC1CCN(CC(=O)N2CC[C@H](Oc3ccc(F)cc3)[C@@H](CC(=O)N(C)Cc3ccccc3)C2)CC1. The van der Waals surface area contributed by atoms with Crippen molar-refractivity contribution in [3.8, 4) is 5.75 Å². The van der Waals surface area contributed by atoms with Crippen molar-refractivity contribution < 1.29 is 18.7 Å². The average molecular weight is 496 g/mol. The predicted octanol–water partition coefficient (Wildman–Crippen LogP) is 4.20. The number of carbonyl (C=O) groups excluding carboxylic acids is 2. The van der Waals surface area contributed by atoms with Crippen LogP contribution in [0.1, 0.15) is 38.2 Å². The maximum absolute atomic E-state index is 13.4. The van der Waals surface area contributed by atoms with Gasteiger partial charge in [0, 0.05) is 45.4 Å². The summed E-state index contributed by atoms with van der Waals surface area (Å²) < 4.78 is 19.6. The number of amides is 2. The molecule has 0 aromatic heterocycles. The smallest absolute Gasteiger partial charge is 0.236 e. The van der Waals surface area contributed by atoms with Crippen LogP contribution in [-0.4, -0.2) is 72.4 Å². The number of likely N-dealkylation sites (tertiary alicyclic amines) is 2. The topological polar surface area (TPSA) is 53.1 Å². The summed E-state index contributed by atoms with van der Waals surface area (Å²) in [6, 6.07) is 15.9. The molecule has 194 valence electrons. The molecule has 36 heavy (non-hydrogen) atoms. The fraction of sp³-hybridized carbons (Fsp3) is 0.517. The molecule has 2 amide bonds. The van der Waals surface area contributed by atoms with Crippen LogP contribution in [0.25, 0.3) is 0 Å². The Bertz CT molecular complexity index is 993. The van der Waals surface area contributed by atoms with Gasteiger partial charge in [0.25, 0.3) is 0 Å². The number of nitrogens with zero attached hydrogens (tertiary/aromatic N) is 3. The predicted molar refractivity (Wildman–Crippen MR) is 138 cm³/mol. The molecule has 2 atom stereocenters. The first kappa shape index (κ1) is 26.1. The van der Waals surface area contributed by atoms with E-state index in [4.69, 9.17) is 4.74 Å². The highest BCUT2D eigenvalue weighted by Gasteiger charge is 2.35. The Kier molecular flexibility index (Phi) is 8.97. The Morgan fingerprint density at radius 2 is 1.69 bits per heavy atom. The number of benzene rings is 2. The van der Waals surface area contributed by atoms with Gasteiger partial charge in [-0.2, -0.15) is 0 Å². The summed E-state index contributed by atoms with van der Waals surface area (Å²) in [7, 11) is 1.81. The fourth-order valence-electron chi connectivity index (χ4n) is 5.11. The van der Waals surface area contributed by atoms with Gasteiger partial charge >= 0.3 is 0 Å². The monoisotopic (exact) mass is 495 g/mol. The van der Waals surface area contributed by atoms with E-state index in [-0.39, 0.29) is 29.7 Å². The normalized spacial score (nSPS) is 21.2. The lowest BCUT2D eigenvalue weighted by molar-refractivity contribution is -0.139. The number of piperidine rings is 2. The van der Waals surface area contributed by atoms with Gasteiger partial charge in [-0.25, -0.2) is 4.39 Å². The molecule has 2 aliphatic heterocycles. The van der Waals surface area contributed by atoms with Gasteiger partial charge in [0.2, 0.25) is 11.8 Å². The molecule has 0 radical (unpaired) electrons. The summed E-state index contributed by atoms with van der Waals surface area (Å²) in [5.74, 6) is 0.998. The van der Waals surface area contributed by atoms with Crippen LogP contribution in [0.2, 0.25) is 0 Å². The van der Waals surface area contributed by atoms with Gasteiger partial charge in [0.1, 0.15) is 17.7 Å². The van der Waals surface area contributed by atoms with Gasteiger partial charge in [-0.3, -0.25) is 14.5 Å². The van der Waals surface area contributed by atoms with Gasteiger partial charge in [-0.1, -0.05) is 37.3 Å². The summed E-state index contributed by atoms with van der Waals surface area (Å²) in [5, 5.41) is 0. The third-order valence-electron chi connectivity index (χ3n) is 7.48. The number of halogens is 1. The Balaban J connectivity index is 1.40. The van der Waals surface area contributed by atoms with Gasteiger partial charge < -0.3 is 14.5 Å². The number of rotatable bonds is 8. The first-order valence-electron chi connectivity index (χ1n) is 13.1. The maximum atomic E-state index is 13.4. The molecule has 0 unspecified atom stereocenters. The van der Waals surface area contributed by atoms with Gasteiger partial charge in [-0.15, -0.1) is 0 Å². The number of ether oxygens (including phenoxy) is 1. The quantitative estimate of drug-likeness (QED) is 0.551. The molecule has 2 saturated heterocycles. The van der Waals surface area contributed by atoms with E-state index in [0.29, 0.717) is 44.8 Å². The Morgan fingerprint density at radius 3 is 2.39 bits per heavy atom. The molecule has 2 aromatic carbocycles. The molecule has 0 saturated carbocycles. The van der Waals surface area contributed by atoms with Crippen molar-refractivity contribution in [2.75, 3.05) is 39.8 Å². The highest BCUT2D eigenvalue weighted by atomic mass is 19.1. The van der Waals surface area contributed by atoms with Crippen LogP contribution in [0.3, 0.4) is 0 Å². The zero-order chi connectivity index (χ0) is 25.5. The second-order valence-corrected chi connectivity index (χ2v) is 10.4. The van der Waals surface area contributed by atoms with Crippen molar-refractivity contribution in [2.24, 2.45) is 11.8 Å². The van der Waals surface area contributed by atoms with E-state index < -0.39 is 0 Å². The number of hydrogen-bond donors (Lipinski definition) is 0. The van der Waals surface area contributed by atoms with Crippen molar-refractivity contribution in [1.29, 1.82) is 0 Å². The summed E-state index contributed by atoms with van der Waals surface area (Å²) >= 11 is 0. The molecule has 0 N–H and O–H groups in total. The van der Waals surface area contributed by atoms with Crippen LogP contribution in [-0.2, 0) is 16.1 Å². The largest absolute Gasteiger partial charge is 0.490 e. The Hall–Kier alpha value is -2.93. The van der Waals surface area contributed by atoms with E-state index in [2.05, 4.69) is 11.8 Å². The molecule has 0 spiro atoms. The van der Waals surface area contributed by atoms with E-state index in [1.165, 1.54) is 12.1 Å². The minimum Gasteiger partial charge on any atom is -0.490 e. The lowest BCUT2D eigenvalue weighted by Crippen LogP contribution is -2.52. The third-order valence-corrected chi connectivity index (χ3v) is 7.48. The molecule has 0 bridgehead atoms. The lowest BCUT2D eigenvalue weighted by atomic mass is 9.90. The lowest BCUT2D eigenvalue weighted by Gasteiger charge is -2.40. The first-order chi connectivity index (χ1) is 17.4. The zero-order valence-electron chi connectivity index (χ0n) is 21.4. The molecular weight excluding hydrogens is 457 g/mol. The van der Waals surface area contributed by atoms with Gasteiger partial charge in [0.05, 0.1) is 6.54 Å². The summed E-state index contributed by atoms with van der Waals surface area (Å²) in [6.45, 7) is 6.24. The van der Waals surface area contributed by atoms with Gasteiger partial charge in [0.15, 0.2) is 0 Å². The van der Waals surface area contributed by atoms with Crippen LogP contribution < -0.4 is 4.74 Å². The summed E-state index contributed by atoms with van der Waals surface area (Å²) in [6.07, 6.45) is 2.97. The Labute approximate surface area is 214 Å². The average Bonchev–Trinajstić information content (AvgIpc) is 2.88. The van der Waals surface area contributed by atoms with Crippen LogP contribution >= 0.6 is 0 Å². The summed E-state index contributed by atoms with van der Waals surface area (Å²) in [4.78, 5) is 32.2. The van der Waals surface area contributed by atoms with Crippen LogP contribution in [0.15, 0.2) is 54.6 Å². The molecule has 2 fully saturated rings. The van der Waals surface area contributed by atoms with Crippen molar-refractivity contribution in [2.45, 2.75) is 45.3 Å². The molecule has 2 heterocycles. The minimum atomic E-state index is -0.316. The second-order valence-electron chi connectivity index (χ2n) is 10.4. The van der Waals surface area contributed by atoms with Crippen molar-refractivity contribution >= 4 is 11.8 Å². The van der Waals surface area contributed by atoms with Gasteiger partial charge in [-0.05, 0) is 61.7 Å². The van der Waals surface area contributed by atoms with Crippen LogP contribution in [0.5, 0.6) is 5.75 Å². The molecule has 2 aliphatic rings. The molecule has 6 nitrogen and oxygen atoms in total. The molecule has 2 aromatic rings. The van der Waals surface area contributed by atoms with E-state index in [1.807, 2.05) is 42.3 Å². The van der Waals surface area contributed by atoms with Crippen molar-refractivity contribution in [3.63, 3.8) is 0 Å².